The van der Waals surface area contributed by atoms with Crippen LogP contribution in [0, 0.1) is 0 Å². The molecule has 1 unspecified atom stereocenters. The molecule has 1 aliphatic rings. The first-order valence-corrected chi connectivity index (χ1v) is 12.1. The highest BCUT2D eigenvalue weighted by molar-refractivity contribution is 6.31. The smallest absolute Gasteiger partial charge is 0.417 e. The summed E-state index contributed by atoms with van der Waals surface area (Å²) in [6, 6.07) is 10.1. The molecule has 0 radical (unpaired) electrons. The molecule has 2 N–H and O–H groups in total. The Morgan fingerprint density at radius 3 is 2.45 bits per heavy atom. The number of alkyl halides is 3. The van der Waals surface area contributed by atoms with Gasteiger partial charge in [-0.15, -0.1) is 0 Å². The first kappa shape index (κ1) is 27.8. The average molecular weight is 575 g/mol. The average Bonchev–Trinajstić information content (AvgIpc) is 3.23. The van der Waals surface area contributed by atoms with Gasteiger partial charge in [0, 0.05) is 18.6 Å². The van der Waals surface area contributed by atoms with Gasteiger partial charge in [0.2, 0.25) is 6.35 Å². The van der Waals surface area contributed by atoms with Gasteiger partial charge in [-0.1, -0.05) is 35.3 Å². The molecule has 0 spiro atoms. The first-order chi connectivity index (χ1) is 18.0. The maximum absolute atomic E-state index is 13.2. The number of rotatable bonds is 9. The van der Waals surface area contributed by atoms with Crippen molar-refractivity contribution in [1.29, 1.82) is 0 Å². The summed E-state index contributed by atoms with van der Waals surface area (Å²) >= 11 is 11.6. The lowest BCUT2D eigenvalue weighted by atomic mass is 10.2. The van der Waals surface area contributed by atoms with Gasteiger partial charge >= 0.3 is 11.9 Å². The third-order valence-electron chi connectivity index (χ3n) is 5.82. The molecule has 0 bridgehead atoms. The molecule has 3 aromatic rings. The Balaban J connectivity index is 1.55. The Bertz CT molecular complexity index is 1430. The van der Waals surface area contributed by atoms with Gasteiger partial charge in [0.1, 0.15) is 23.9 Å². The van der Waals surface area contributed by atoms with E-state index in [9.17, 15) is 27.9 Å². The third kappa shape index (κ3) is 5.78. The van der Waals surface area contributed by atoms with Crippen LogP contribution >= 0.6 is 23.2 Å². The van der Waals surface area contributed by atoms with Crippen molar-refractivity contribution in [3.05, 3.63) is 84.5 Å². The van der Waals surface area contributed by atoms with Gasteiger partial charge in [0.25, 0.3) is 5.56 Å². The number of ether oxygens (including phenoxy) is 2. The van der Waals surface area contributed by atoms with E-state index >= 15 is 0 Å². The molecular weight excluding hydrogens is 552 g/mol. The van der Waals surface area contributed by atoms with Crippen LogP contribution in [-0.4, -0.2) is 40.4 Å². The molecule has 4 rings (SSSR count). The molecule has 204 valence electrons. The van der Waals surface area contributed by atoms with E-state index in [0.717, 1.165) is 22.3 Å². The largest absolute Gasteiger partial charge is 0.491 e. The number of halogens is 5. The van der Waals surface area contributed by atoms with Crippen molar-refractivity contribution in [2.24, 2.45) is 7.05 Å². The van der Waals surface area contributed by atoms with Crippen LogP contribution in [0.4, 0.5) is 24.7 Å². The highest BCUT2D eigenvalue weighted by Gasteiger charge is 2.36. The zero-order valence-corrected chi connectivity index (χ0v) is 21.5. The number of aliphatic hydroxyl groups excluding tert-OH is 1. The summed E-state index contributed by atoms with van der Waals surface area (Å²) in [5.74, 6) is 0.182. The molecule has 38 heavy (non-hydrogen) atoms. The quantitative estimate of drug-likeness (QED) is 0.376. The van der Waals surface area contributed by atoms with Gasteiger partial charge in [-0.05, 0) is 35.9 Å². The number of hydrogen-bond acceptors (Lipinski definition) is 7. The first-order valence-electron chi connectivity index (χ1n) is 11.3. The summed E-state index contributed by atoms with van der Waals surface area (Å²) < 4.78 is 52.8. The summed E-state index contributed by atoms with van der Waals surface area (Å²) in [5, 5.41) is 12.4. The predicted octanol–water partition coefficient (Wildman–Crippen LogP) is 3.68. The number of aromatic nitrogens is 2. The van der Waals surface area contributed by atoms with Gasteiger partial charge in [0.15, 0.2) is 0 Å². The Hall–Kier alpha value is -3.19. The van der Waals surface area contributed by atoms with E-state index in [1.807, 2.05) is 0 Å². The molecule has 2 heterocycles. The van der Waals surface area contributed by atoms with Gasteiger partial charge in [-0.25, -0.2) is 4.79 Å². The Labute approximate surface area is 224 Å². The monoisotopic (exact) mass is 574 g/mol. The van der Waals surface area contributed by atoms with Crippen LogP contribution in [0.25, 0.3) is 0 Å². The van der Waals surface area contributed by atoms with Crippen LogP contribution in [0.2, 0.25) is 10.0 Å². The Kier molecular flexibility index (Phi) is 8.26. The van der Waals surface area contributed by atoms with E-state index in [1.54, 1.807) is 29.2 Å². The molecule has 0 aliphatic carbocycles. The van der Waals surface area contributed by atoms with Crippen molar-refractivity contribution >= 4 is 34.7 Å². The van der Waals surface area contributed by atoms with Crippen molar-refractivity contribution in [2.45, 2.75) is 25.6 Å². The van der Waals surface area contributed by atoms with Gasteiger partial charge < -0.3 is 24.8 Å². The number of fused-ring (bicyclic) bond motifs is 1. The zero-order chi connectivity index (χ0) is 27.6. The molecule has 0 amide bonds. The summed E-state index contributed by atoms with van der Waals surface area (Å²) in [6.07, 6.45) is -5.54. The minimum Gasteiger partial charge on any atom is -0.491 e. The lowest BCUT2D eigenvalue weighted by molar-refractivity contribution is -0.137. The number of benzene rings is 2. The molecule has 0 saturated carbocycles. The van der Waals surface area contributed by atoms with Crippen LogP contribution in [0.5, 0.6) is 5.75 Å². The molecule has 1 atom stereocenters. The molecule has 2 aromatic carbocycles. The fraction of sp³-hybridized carbons (Fsp3) is 0.333. The van der Waals surface area contributed by atoms with E-state index in [1.165, 1.54) is 17.7 Å². The van der Waals surface area contributed by atoms with E-state index in [0.29, 0.717) is 5.02 Å². The van der Waals surface area contributed by atoms with E-state index in [-0.39, 0.29) is 43.6 Å². The summed E-state index contributed by atoms with van der Waals surface area (Å²) in [7, 11) is 1.48. The summed E-state index contributed by atoms with van der Waals surface area (Å²) in [5.41, 5.74) is -1.29. The number of nitrogens with zero attached hydrogens (tertiary/aromatic N) is 3. The van der Waals surface area contributed by atoms with Crippen LogP contribution in [0.3, 0.4) is 0 Å². The second kappa shape index (κ2) is 11.3. The number of hydrogen-bond donors (Lipinski definition) is 2. The SMILES string of the molecule is Cn1c2c(c(=O)n(CCO)c1=O)N(Cc1ccc(Cl)cc1)C(OCCOc1ccc(Cl)c(C(F)(F)F)c1)N2. The number of nitrogens with one attached hydrogen (secondary N) is 1. The van der Waals surface area contributed by atoms with Gasteiger partial charge in [-0.2, -0.15) is 13.2 Å². The van der Waals surface area contributed by atoms with Crippen molar-refractivity contribution in [3.63, 3.8) is 0 Å². The third-order valence-corrected chi connectivity index (χ3v) is 6.40. The van der Waals surface area contributed by atoms with Crippen molar-refractivity contribution in [2.75, 3.05) is 30.0 Å². The topological polar surface area (TPSA) is 98.0 Å². The van der Waals surface area contributed by atoms with Crippen molar-refractivity contribution < 1.29 is 27.8 Å². The molecule has 0 fully saturated rings. The van der Waals surface area contributed by atoms with E-state index in [4.69, 9.17) is 32.7 Å². The highest BCUT2D eigenvalue weighted by Crippen LogP contribution is 2.37. The normalized spacial score (nSPS) is 14.9. The molecular formula is C24H23Cl2F3N4O5. The van der Waals surface area contributed by atoms with Crippen LogP contribution < -0.4 is 26.2 Å². The van der Waals surface area contributed by atoms with Gasteiger partial charge in [-0.3, -0.25) is 13.9 Å². The molecule has 14 heteroatoms. The Morgan fingerprint density at radius 1 is 1.08 bits per heavy atom. The van der Waals surface area contributed by atoms with Crippen LogP contribution in [-0.2, 0) is 31.1 Å². The minimum absolute atomic E-state index is 0.0414. The maximum Gasteiger partial charge on any atom is 0.417 e. The van der Waals surface area contributed by atoms with E-state index < -0.39 is 41.0 Å². The number of aliphatic hydroxyl groups is 1. The second-order valence-corrected chi connectivity index (χ2v) is 9.17. The Morgan fingerprint density at radius 2 is 1.79 bits per heavy atom. The van der Waals surface area contributed by atoms with Crippen LogP contribution in [0.15, 0.2) is 52.1 Å². The maximum atomic E-state index is 13.2. The molecule has 1 aliphatic heterocycles. The molecule has 1 aromatic heterocycles. The fourth-order valence-corrected chi connectivity index (χ4v) is 4.35. The number of anilines is 2. The standard InChI is InChI=1S/C24H23Cl2F3N4O5/c1-31-20-19(21(35)32(8-9-34)23(31)36)33(13-14-2-4-15(25)5-3-14)22(30-20)38-11-10-37-16-6-7-18(26)17(12-16)24(27,28)29/h2-7,12,22,30,34H,8-11,13H2,1H3. The zero-order valence-electron chi connectivity index (χ0n) is 20.0. The van der Waals surface area contributed by atoms with Crippen molar-refractivity contribution in [1.82, 2.24) is 9.13 Å². The summed E-state index contributed by atoms with van der Waals surface area (Å²) in [6.45, 7) is -0.590. The van der Waals surface area contributed by atoms with Gasteiger partial charge in [0.05, 0.1) is 30.3 Å². The minimum atomic E-state index is -4.63. The molecule has 9 nitrogen and oxygen atoms in total. The summed E-state index contributed by atoms with van der Waals surface area (Å²) in [4.78, 5) is 27.5. The lowest BCUT2D eigenvalue weighted by Gasteiger charge is -2.26. The predicted molar refractivity (Wildman–Crippen MR) is 136 cm³/mol. The van der Waals surface area contributed by atoms with Crippen LogP contribution in [0.1, 0.15) is 11.1 Å². The molecule has 0 saturated heterocycles. The fourth-order valence-electron chi connectivity index (χ4n) is 4.00. The highest BCUT2D eigenvalue weighted by atomic mass is 35.5. The van der Waals surface area contributed by atoms with Crippen molar-refractivity contribution in [3.8, 4) is 5.75 Å². The lowest BCUT2D eigenvalue weighted by Crippen LogP contribution is -2.43. The second-order valence-electron chi connectivity index (χ2n) is 8.33. The van der Waals surface area contributed by atoms with E-state index in [2.05, 4.69) is 5.32 Å².